The quantitative estimate of drug-likeness (QED) is 0.406. The van der Waals surface area contributed by atoms with Crippen LogP contribution >= 0.6 is 0 Å². The molecule has 12 heteroatoms. The molecule has 2 unspecified atom stereocenters. The summed E-state index contributed by atoms with van der Waals surface area (Å²) >= 11 is 0. The monoisotopic (exact) mass is 558 g/mol. The molecule has 1 spiro atoms. The molecule has 1 saturated carbocycles. The maximum Gasteiger partial charge on any atom is 0.501 e. The number of fused-ring (bicyclic) bond motifs is 1. The number of aromatic nitrogens is 1. The molecule has 8 nitrogen and oxygen atoms in total. The maximum absolute atomic E-state index is 13.9. The van der Waals surface area contributed by atoms with Crippen molar-refractivity contribution in [3.8, 4) is 0 Å². The van der Waals surface area contributed by atoms with Crippen LogP contribution in [0, 0.1) is 5.92 Å². The van der Waals surface area contributed by atoms with Gasteiger partial charge in [0.05, 0.1) is 21.8 Å². The van der Waals surface area contributed by atoms with Crippen molar-refractivity contribution in [3.63, 3.8) is 0 Å². The van der Waals surface area contributed by atoms with E-state index in [1.165, 1.54) is 11.3 Å². The standard InChI is InChI=1S/C27H25F3N4O4S/c1-17-16-26(17)24(35)33(18-5-8-20(9-6-18)39(37,38)27(28,29)30)25(36)34(26)23-11-12-31-22-10-7-19(15-21(22)23)32-13-3-2-4-14-32/h5-12,15,17H,2-4,13-14,16H2,1H3. The van der Waals surface area contributed by atoms with Crippen LogP contribution < -0.4 is 14.7 Å². The van der Waals surface area contributed by atoms with E-state index < -0.39 is 37.7 Å². The van der Waals surface area contributed by atoms with E-state index in [-0.39, 0.29) is 11.6 Å². The van der Waals surface area contributed by atoms with Gasteiger partial charge in [-0.05, 0) is 80.1 Å². The molecule has 3 fully saturated rings. The van der Waals surface area contributed by atoms with Crippen molar-refractivity contribution < 1.29 is 31.2 Å². The number of carbonyl (C=O) groups is 2. The van der Waals surface area contributed by atoms with Gasteiger partial charge in [-0.3, -0.25) is 14.7 Å². The second-order valence-corrected chi connectivity index (χ2v) is 12.3. The molecule has 0 bridgehead atoms. The number of carbonyl (C=O) groups excluding carboxylic acids is 2. The Morgan fingerprint density at radius 2 is 1.59 bits per heavy atom. The highest BCUT2D eigenvalue weighted by Crippen LogP contribution is 2.56. The number of hydrogen-bond donors (Lipinski definition) is 0. The minimum atomic E-state index is -5.56. The van der Waals surface area contributed by atoms with E-state index in [0.717, 1.165) is 60.8 Å². The average molecular weight is 559 g/mol. The van der Waals surface area contributed by atoms with Gasteiger partial charge in [0.1, 0.15) is 5.54 Å². The van der Waals surface area contributed by atoms with Gasteiger partial charge in [-0.25, -0.2) is 18.1 Å². The zero-order chi connectivity index (χ0) is 27.7. The van der Waals surface area contributed by atoms with E-state index in [1.807, 2.05) is 25.1 Å². The fourth-order valence-corrected chi connectivity index (χ4v) is 6.54. The minimum Gasteiger partial charge on any atom is -0.372 e. The van der Waals surface area contributed by atoms with Crippen LogP contribution in [-0.2, 0) is 14.6 Å². The van der Waals surface area contributed by atoms with Crippen LogP contribution in [0.3, 0.4) is 0 Å². The Labute approximate surface area is 222 Å². The van der Waals surface area contributed by atoms with Crippen LogP contribution in [0.1, 0.15) is 32.6 Å². The van der Waals surface area contributed by atoms with Gasteiger partial charge in [0.2, 0.25) is 0 Å². The Morgan fingerprint density at radius 3 is 2.21 bits per heavy atom. The molecule has 204 valence electrons. The number of urea groups is 1. The molecule has 6 rings (SSSR count). The SMILES string of the molecule is CC1CC12C(=O)N(c1ccc(S(=O)(=O)C(F)(F)F)cc1)C(=O)N2c1ccnc2ccc(N3CCCCC3)cc12. The van der Waals surface area contributed by atoms with Crippen molar-refractivity contribution in [1.29, 1.82) is 0 Å². The van der Waals surface area contributed by atoms with E-state index in [1.54, 1.807) is 12.3 Å². The molecule has 3 heterocycles. The molecule has 2 atom stereocenters. The van der Waals surface area contributed by atoms with Crippen LogP contribution in [-0.4, -0.2) is 49.5 Å². The predicted molar refractivity (Wildman–Crippen MR) is 139 cm³/mol. The Balaban J connectivity index is 1.41. The largest absolute Gasteiger partial charge is 0.501 e. The third-order valence-corrected chi connectivity index (χ3v) is 9.50. The zero-order valence-corrected chi connectivity index (χ0v) is 21.8. The highest BCUT2D eigenvalue weighted by atomic mass is 32.2. The first kappa shape index (κ1) is 25.6. The van der Waals surface area contributed by atoms with Gasteiger partial charge in [0, 0.05) is 30.4 Å². The first-order valence-electron chi connectivity index (χ1n) is 12.7. The number of alkyl halides is 3. The lowest BCUT2D eigenvalue weighted by Gasteiger charge is -2.29. The van der Waals surface area contributed by atoms with Crippen molar-refractivity contribution >= 4 is 49.7 Å². The Hall–Kier alpha value is -3.67. The van der Waals surface area contributed by atoms with Crippen molar-refractivity contribution in [3.05, 3.63) is 54.7 Å². The van der Waals surface area contributed by atoms with Gasteiger partial charge in [-0.15, -0.1) is 0 Å². The first-order valence-corrected chi connectivity index (χ1v) is 14.2. The maximum atomic E-state index is 13.9. The van der Waals surface area contributed by atoms with Crippen molar-refractivity contribution in [2.45, 2.75) is 48.5 Å². The number of anilines is 3. The number of sulfone groups is 1. The summed E-state index contributed by atoms with van der Waals surface area (Å²) < 4.78 is 62.5. The molecular weight excluding hydrogens is 533 g/mol. The molecule has 0 radical (unpaired) electrons. The summed E-state index contributed by atoms with van der Waals surface area (Å²) in [5, 5.41) is 0.716. The molecule has 39 heavy (non-hydrogen) atoms. The van der Waals surface area contributed by atoms with E-state index in [2.05, 4.69) is 9.88 Å². The highest BCUT2D eigenvalue weighted by Gasteiger charge is 2.70. The van der Waals surface area contributed by atoms with E-state index in [0.29, 0.717) is 23.0 Å². The second-order valence-electron chi connectivity index (χ2n) is 10.3. The number of pyridine rings is 1. The summed E-state index contributed by atoms with van der Waals surface area (Å²) in [6, 6.07) is 10.6. The number of benzene rings is 2. The molecule has 0 N–H and O–H groups in total. The van der Waals surface area contributed by atoms with Crippen LogP contribution in [0.2, 0.25) is 0 Å². The number of halogens is 3. The minimum absolute atomic E-state index is 0.000494. The van der Waals surface area contributed by atoms with Crippen molar-refractivity contribution in [1.82, 2.24) is 4.98 Å². The van der Waals surface area contributed by atoms with Crippen LogP contribution in [0.4, 0.5) is 35.0 Å². The van der Waals surface area contributed by atoms with E-state index >= 15 is 0 Å². The molecule has 3 amide bonds. The molecule has 2 aromatic carbocycles. The third-order valence-electron chi connectivity index (χ3n) is 8.00. The van der Waals surface area contributed by atoms with Crippen molar-refractivity contribution in [2.75, 3.05) is 27.8 Å². The Kier molecular flexibility index (Phi) is 5.69. The number of hydrogen-bond acceptors (Lipinski definition) is 6. The van der Waals surface area contributed by atoms with Crippen LogP contribution in [0.15, 0.2) is 59.6 Å². The first-order chi connectivity index (χ1) is 18.5. The van der Waals surface area contributed by atoms with Gasteiger partial charge in [0.15, 0.2) is 0 Å². The van der Waals surface area contributed by atoms with E-state index in [9.17, 15) is 31.2 Å². The summed E-state index contributed by atoms with van der Waals surface area (Å²) in [6.07, 6.45) is 5.37. The predicted octanol–water partition coefficient (Wildman–Crippen LogP) is 5.27. The summed E-state index contributed by atoms with van der Waals surface area (Å²) in [5.74, 6) is -0.652. The number of piperidine rings is 1. The molecule has 2 aliphatic heterocycles. The second kappa shape index (κ2) is 8.67. The van der Waals surface area contributed by atoms with E-state index in [4.69, 9.17) is 0 Å². The average Bonchev–Trinajstić information content (AvgIpc) is 3.54. The molecular formula is C27H25F3N4O4S. The lowest BCUT2D eigenvalue weighted by molar-refractivity contribution is -0.119. The van der Waals surface area contributed by atoms with Gasteiger partial charge in [-0.1, -0.05) is 6.92 Å². The molecule has 1 aromatic heterocycles. The third kappa shape index (κ3) is 3.79. The smallest absolute Gasteiger partial charge is 0.372 e. The lowest BCUT2D eigenvalue weighted by Crippen LogP contribution is -2.39. The summed E-state index contributed by atoms with van der Waals surface area (Å²) in [6.45, 7) is 3.72. The normalized spacial score (nSPS) is 23.8. The number of rotatable bonds is 4. The van der Waals surface area contributed by atoms with Gasteiger partial charge >= 0.3 is 11.5 Å². The number of amides is 3. The number of nitrogens with zero attached hydrogens (tertiary/aromatic N) is 4. The van der Waals surface area contributed by atoms with Gasteiger partial charge in [0.25, 0.3) is 15.7 Å². The zero-order valence-electron chi connectivity index (χ0n) is 21.0. The fraction of sp³-hybridized carbons (Fsp3) is 0.370. The van der Waals surface area contributed by atoms with Crippen molar-refractivity contribution in [2.24, 2.45) is 5.92 Å². The molecule has 3 aliphatic rings. The highest BCUT2D eigenvalue weighted by molar-refractivity contribution is 7.92. The summed E-state index contributed by atoms with van der Waals surface area (Å²) in [5.41, 5.74) is -4.40. The topological polar surface area (TPSA) is 90.9 Å². The van der Waals surface area contributed by atoms with Crippen LogP contribution in [0.5, 0.6) is 0 Å². The Bertz CT molecular complexity index is 1600. The Morgan fingerprint density at radius 1 is 0.949 bits per heavy atom. The summed E-state index contributed by atoms with van der Waals surface area (Å²) in [4.78, 5) is 35.8. The summed E-state index contributed by atoms with van der Waals surface area (Å²) in [7, 11) is -5.56. The van der Waals surface area contributed by atoms with Gasteiger partial charge in [-0.2, -0.15) is 13.2 Å². The van der Waals surface area contributed by atoms with Crippen LogP contribution in [0.25, 0.3) is 10.9 Å². The lowest BCUT2D eigenvalue weighted by atomic mass is 10.1. The molecule has 1 aliphatic carbocycles. The molecule has 2 saturated heterocycles. The fourth-order valence-electron chi connectivity index (χ4n) is 5.78. The number of imide groups is 1. The molecule has 3 aromatic rings. The van der Waals surface area contributed by atoms with Gasteiger partial charge < -0.3 is 4.90 Å².